The molecule has 0 spiro atoms. The minimum absolute atomic E-state index is 0.0232. The minimum atomic E-state index is -0.805. The van der Waals surface area contributed by atoms with Gasteiger partial charge in [-0.25, -0.2) is 9.18 Å². The lowest BCUT2D eigenvalue weighted by Crippen LogP contribution is -2.09. The molecule has 2 aromatic rings. The zero-order valence-corrected chi connectivity index (χ0v) is 12.9. The van der Waals surface area contributed by atoms with Gasteiger partial charge in [0.25, 0.3) is 0 Å². The molecule has 0 bridgehead atoms. The first kappa shape index (κ1) is 15.8. The van der Waals surface area contributed by atoms with Gasteiger partial charge in [0.05, 0.1) is 14.2 Å². The van der Waals surface area contributed by atoms with Crippen LogP contribution in [0.4, 0.5) is 4.39 Å². The maximum Gasteiger partial charge on any atom is 0.342 e. The summed E-state index contributed by atoms with van der Waals surface area (Å²) in [6, 6.07) is 6.71. The van der Waals surface area contributed by atoms with Gasteiger partial charge in [-0.2, -0.15) is 0 Å². The molecule has 0 unspecified atom stereocenters. The van der Waals surface area contributed by atoms with E-state index in [1.807, 2.05) is 0 Å². The van der Waals surface area contributed by atoms with E-state index >= 15 is 0 Å². The Kier molecular flexibility index (Phi) is 4.35. The van der Waals surface area contributed by atoms with E-state index in [1.165, 1.54) is 14.2 Å². The Hall–Kier alpha value is -2.56. The van der Waals surface area contributed by atoms with Crippen molar-refractivity contribution in [1.29, 1.82) is 0 Å². The van der Waals surface area contributed by atoms with Crippen molar-refractivity contribution in [3.8, 4) is 22.6 Å². The van der Waals surface area contributed by atoms with Crippen LogP contribution in [0.5, 0.6) is 11.5 Å². The van der Waals surface area contributed by atoms with Crippen LogP contribution in [-0.2, 0) is 4.74 Å². The van der Waals surface area contributed by atoms with Crippen LogP contribution in [-0.4, -0.2) is 25.3 Å². The van der Waals surface area contributed by atoms with Gasteiger partial charge in [0, 0.05) is 11.1 Å². The quantitative estimate of drug-likeness (QED) is 0.880. The number of aromatic hydroxyl groups is 1. The number of halogens is 1. The summed E-state index contributed by atoms with van der Waals surface area (Å²) in [5.41, 5.74) is 0.724. The van der Waals surface area contributed by atoms with Crippen LogP contribution >= 0.6 is 0 Å². The molecule has 0 fully saturated rings. The molecule has 116 valence electrons. The summed E-state index contributed by atoms with van der Waals surface area (Å²) in [6.07, 6.45) is 0. The van der Waals surface area contributed by atoms with Gasteiger partial charge in [0.1, 0.15) is 22.9 Å². The average Bonchev–Trinajstić information content (AvgIpc) is 2.55. The molecule has 0 saturated heterocycles. The summed E-state index contributed by atoms with van der Waals surface area (Å²) in [7, 11) is 2.64. The lowest BCUT2D eigenvalue weighted by molar-refractivity contribution is 0.0597. The largest absolute Gasteiger partial charge is 0.507 e. The normalized spacial score (nSPS) is 10.4. The lowest BCUT2D eigenvalue weighted by Gasteiger charge is -2.17. The van der Waals surface area contributed by atoms with Gasteiger partial charge in [0.15, 0.2) is 0 Å². The Morgan fingerprint density at radius 1 is 1.14 bits per heavy atom. The minimum Gasteiger partial charge on any atom is -0.507 e. The van der Waals surface area contributed by atoms with Gasteiger partial charge >= 0.3 is 5.97 Å². The first-order valence-electron chi connectivity index (χ1n) is 6.67. The molecule has 0 aliphatic heterocycles. The number of para-hydroxylation sites is 1. The highest BCUT2D eigenvalue weighted by Crippen LogP contribution is 2.41. The van der Waals surface area contributed by atoms with Crippen LogP contribution in [0.25, 0.3) is 11.1 Å². The Morgan fingerprint density at radius 2 is 1.77 bits per heavy atom. The van der Waals surface area contributed by atoms with E-state index in [1.54, 1.807) is 38.1 Å². The van der Waals surface area contributed by atoms with Gasteiger partial charge in [-0.15, -0.1) is 0 Å². The predicted octanol–water partition coefficient (Wildman–Crippen LogP) is 3.61. The number of carbonyl (C=O) groups is 1. The molecule has 0 radical (unpaired) electrons. The average molecular weight is 304 g/mol. The fourth-order valence-electron chi connectivity index (χ4n) is 2.35. The van der Waals surface area contributed by atoms with E-state index in [0.29, 0.717) is 16.9 Å². The predicted molar refractivity (Wildman–Crippen MR) is 80.9 cm³/mol. The maximum absolute atomic E-state index is 14.8. The maximum atomic E-state index is 14.8. The second kappa shape index (κ2) is 6.05. The number of hydrogen-bond acceptors (Lipinski definition) is 4. The van der Waals surface area contributed by atoms with Crippen molar-refractivity contribution >= 4 is 5.97 Å². The zero-order valence-electron chi connectivity index (χ0n) is 12.9. The summed E-state index contributed by atoms with van der Waals surface area (Å²) in [4.78, 5) is 12.1. The van der Waals surface area contributed by atoms with E-state index < -0.39 is 11.8 Å². The standard InChI is InChI=1S/C17H17FO4/c1-9-10(2)16(19)14(17(20)22-4)13(15(9)18)11-7-5-6-8-12(11)21-3/h5-8,19H,1-4H3. The van der Waals surface area contributed by atoms with Crippen LogP contribution in [0.2, 0.25) is 0 Å². The summed E-state index contributed by atoms with van der Waals surface area (Å²) < 4.78 is 24.8. The van der Waals surface area contributed by atoms with Gasteiger partial charge in [-0.05, 0) is 31.0 Å². The molecule has 2 rings (SSSR count). The van der Waals surface area contributed by atoms with Crippen LogP contribution in [0.1, 0.15) is 21.5 Å². The summed E-state index contributed by atoms with van der Waals surface area (Å²) in [5.74, 6) is -1.28. The van der Waals surface area contributed by atoms with Gasteiger partial charge in [-0.1, -0.05) is 18.2 Å². The van der Waals surface area contributed by atoms with Crippen molar-refractivity contribution in [3.63, 3.8) is 0 Å². The van der Waals surface area contributed by atoms with Gasteiger partial charge in [0.2, 0.25) is 0 Å². The number of phenolic OH excluding ortho intramolecular Hbond substituents is 1. The van der Waals surface area contributed by atoms with E-state index in [2.05, 4.69) is 0 Å². The fraction of sp³-hybridized carbons (Fsp3) is 0.235. The Labute approximate surface area is 128 Å². The van der Waals surface area contributed by atoms with Gasteiger partial charge in [-0.3, -0.25) is 0 Å². The highest BCUT2D eigenvalue weighted by molar-refractivity contribution is 6.01. The number of ether oxygens (including phenoxy) is 2. The van der Waals surface area contributed by atoms with E-state index in [0.717, 1.165) is 0 Å². The molecule has 0 aliphatic carbocycles. The van der Waals surface area contributed by atoms with Crippen molar-refractivity contribution in [2.45, 2.75) is 13.8 Å². The molecule has 2 aromatic carbocycles. The molecule has 22 heavy (non-hydrogen) atoms. The molecule has 0 saturated carbocycles. The highest BCUT2D eigenvalue weighted by atomic mass is 19.1. The third kappa shape index (κ3) is 2.39. The summed E-state index contributed by atoms with van der Waals surface area (Å²) in [5, 5.41) is 10.3. The Bertz CT molecular complexity index is 738. The Balaban J connectivity index is 2.93. The number of hydrogen-bond donors (Lipinski definition) is 1. The van der Waals surface area contributed by atoms with Crippen LogP contribution in [0, 0.1) is 19.7 Å². The van der Waals surface area contributed by atoms with Crippen molar-refractivity contribution in [2.75, 3.05) is 14.2 Å². The monoisotopic (exact) mass is 304 g/mol. The van der Waals surface area contributed by atoms with Crippen LogP contribution in [0.3, 0.4) is 0 Å². The molecular formula is C17H17FO4. The third-order valence-electron chi connectivity index (χ3n) is 3.72. The van der Waals surface area contributed by atoms with E-state index in [-0.39, 0.29) is 22.4 Å². The molecule has 0 atom stereocenters. The molecule has 4 nitrogen and oxygen atoms in total. The number of rotatable bonds is 3. The lowest BCUT2D eigenvalue weighted by atomic mass is 9.92. The van der Waals surface area contributed by atoms with Gasteiger partial charge < -0.3 is 14.6 Å². The third-order valence-corrected chi connectivity index (χ3v) is 3.72. The van der Waals surface area contributed by atoms with Crippen LogP contribution in [0.15, 0.2) is 24.3 Å². The first-order chi connectivity index (χ1) is 10.4. The molecule has 0 amide bonds. The summed E-state index contributed by atoms with van der Waals surface area (Å²) in [6.45, 7) is 3.09. The van der Waals surface area contributed by atoms with Crippen molar-refractivity contribution < 1.29 is 23.8 Å². The van der Waals surface area contributed by atoms with Crippen molar-refractivity contribution in [2.24, 2.45) is 0 Å². The molecule has 0 aliphatic rings. The number of esters is 1. The molecule has 0 heterocycles. The molecule has 1 N–H and O–H groups in total. The second-order valence-electron chi connectivity index (χ2n) is 4.85. The zero-order chi connectivity index (χ0) is 16.4. The molecule has 5 heteroatoms. The Morgan fingerprint density at radius 3 is 2.36 bits per heavy atom. The second-order valence-corrected chi connectivity index (χ2v) is 4.85. The number of carbonyl (C=O) groups excluding carboxylic acids is 1. The SMILES string of the molecule is COC(=O)c1c(O)c(C)c(C)c(F)c1-c1ccccc1OC. The number of methoxy groups -OCH3 is 2. The highest BCUT2D eigenvalue weighted by Gasteiger charge is 2.27. The van der Waals surface area contributed by atoms with Crippen molar-refractivity contribution in [1.82, 2.24) is 0 Å². The van der Waals surface area contributed by atoms with Crippen molar-refractivity contribution in [3.05, 3.63) is 46.8 Å². The fourth-order valence-corrected chi connectivity index (χ4v) is 2.35. The first-order valence-corrected chi connectivity index (χ1v) is 6.67. The number of phenols is 1. The van der Waals surface area contributed by atoms with E-state index in [4.69, 9.17) is 9.47 Å². The smallest absolute Gasteiger partial charge is 0.342 e. The molecular weight excluding hydrogens is 287 g/mol. The number of benzene rings is 2. The summed E-state index contributed by atoms with van der Waals surface area (Å²) >= 11 is 0. The topological polar surface area (TPSA) is 55.8 Å². The molecule has 0 aromatic heterocycles. The van der Waals surface area contributed by atoms with Crippen LogP contribution < -0.4 is 4.74 Å². The van der Waals surface area contributed by atoms with E-state index in [9.17, 15) is 14.3 Å².